The van der Waals surface area contributed by atoms with Crippen molar-refractivity contribution in [3.63, 3.8) is 0 Å². The summed E-state index contributed by atoms with van der Waals surface area (Å²) >= 11 is 0. The summed E-state index contributed by atoms with van der Waals surface area (Å²) in [6.45, 7) is 0. The lowest BCUT2D eigenvalue weighted by atomic mass is 10.3. The molecule has 0 aliphatic carbocycles. The van der Waals surface area contributed by atoms with Crippen LogP contribution in [0.5, 0.6) is 0 Å². The molecule has 0 fully saturated rings. The minimum absolute atomic E-state index is 0.678. The van der Waals surface area contributed by atoms with Gasteiger partial charge in [-0.25, -0.2) is 39.9 Å². The van der Waals surface area contributed by atoms with Crippen molar-refractivity contribution in [1.29, 1.82) is 0 Å². The number of fused-ring (bicyclic) bond motifs is 8. The van der Waals surface area contributed by atoms with E-state index in [4.69, 9.17) is 0 Å². The molecule has 12 nitrogen and oxygen atoms in total. The highest BCUT2D eigenvalue weighted by molar-refractivity contribution is 5.69. The first-order valence-corrected chi connectivity index (χ1v) is 9.74. The summed E-state index contributed by atoms with van der Waals surface area (Å²) < 4.78 is 0. The molecule has 4 aromatic heterocycles. The summed E-state index contributed by atoms with van der Waals surface area (Å²) in [4.78, 5) is 42.8. The number of aromatic nitrogens is 8. The van der Waals surface area contributed by atoms with Crippen LogP contribution < -0.4 is 19.6 Å². The van der Waals surface area contributed by atoms with E-state index in [1.165, 1.54) is 25.3 Å². The van der Waals surface area contributed by atoms with Crippen molar-refractivity contribution in [2.75, 3.05) is 47.8 Å². The second-order valence-corrected chi connectivity index (χ2v) is 7.17. The van der Waals surface area contributed by atoms with Crippen LogP contribution in [-0.2, 0) is 0 Å². The molecule has 1 aliphatic rings. The molecule has 0 N–H and O–H groups in total. The van der Waals surface area contributed by atoms with Gasteiger partial charge in [-0.1, -0.05) is 0 Å². The monoisotopic (exact) mass is 428 g/mol. The van der Waals surface area contributed by atoms with Crippen LogP contribution in [0.2, 0.25) is 0 Å². The largest absolute Gasteiger partial charge is 0.314 e. The van der Waals surface area contributed by atoms with E-state index < -0.39 is 0 Å². The molecule has 0 saturated heterocycles. The number of anilines is 8. The fraction of sp³-hybridized carbons (Fsp3) is 0.200. The second-order valence-electron chi connectivity index (χ2n) is 7.17. The van der Waals surface area contributed by atoms with E-state index in [-0.39, 0.29) is 0 Å². The number of hydrogen-bond donors (Lipinski definition) is 0. The van der Waals surface area contributed by atoms with Crippen LogP contribution in [-0.4, -0.2) is 68.1 Å². The molecule has 0 spiro atoms. The van der Waals surface area contributed by atoms with E-state index in [1.807, 2.05) is 72.1 Å². The van der Waals surface area contributed by atoms with Gasteiger partial charge in [-0.15, -0.1) is 0 Å². The predicted octanol–water partition coefficient (Wildman–Crippen LogP) is 2.23. The Morgan fingerprint density at radius 1 is 0.344 bits per heavy atom. The maximum absolute atomic E-state index is 4.42. The average molecular weight is 428 g/mol. The van der Waals surface area contributed by atoms with Gasteiger partial charge in [-0.3, -0.25) is 0 Å². The van der Waals surface area contributed by atoms with Gasteiger partial charge < -0.3 is 19.6 Å². The number of hydrogen-bond acceptors (Lipinski definition) is 12. The van der Waals surface area contributed by atoms with Crippen LogP contribution in [0.4, 0.5) is 46.5 Å². The zero-order valence-electron chi connectivity index (χ0n) is 18.0. The normalized spacial score (nSPS) is 13.4. The van der Waals surface area contributed by atoms with Crippen LogP contribution in [0.15, 0.2) is 49.6 Å². The Morgan fingerprint density at radius 3 is 0.656 bits per heavy atom. The molecule has 0 atom stereocenters. The van der Waals surface area contributed by atoms with Gasteiger partial charge >= 0.3 is 0 Å². The summed E-state index contributed by atoms with van der Waals surface area (Å²) in [5, 5.41) is 0. The standard InChI is InChI=1S/C20H20N12/c1-29-13-5-15(23-9-21-13)30(2)17-7-19(27-11-25-17)32(4)20-8-18(26-12-28-20)31(3)16-6-14(29)22-10-24-16/h5-12H,1-4H3. The maximum Gasteiger partial charge on any atom is 0.139 e. The van der Waals surface area contributed by atoms with E-state index >= 15 is 0 Å². The molecule has 0 unspecified atom stereocenters. The smallest absolute Gasteiger partial charge is 0.139 e. The third-order valence-corrected chi connectivity index (χ3v) is 5.30. The van der Waals surface area contributed by atoms with Gasteiger partial charge in [0.2, 0.25) is 0 Å². The molecule has 160 valence electrons. The third kappa shape index (κ3) is 3.37. The van der Waals surface area contributed by atoms with Crippen LogP contribution in [0.3, 0.4) is 0 Å². The van der Waals surface area contributed by atoms with E-state index in [0.29, 0.717) is 46.5 Å². The molecular weight excluding hydrogens is 408 g/mol. The van der Waals surface area contributed by atoms with Gasteiger partial charge in [0.1, 0.15) is 71.9 Å². The van der Waals surface area contributed by atoms with Gasteiger partial charge in [-0.2, -0.15) is 0 Å². The Hall–Kier alpha value is -4.48. The Kier molecular flexibility index (Phi) is 4.66. The van der Waals surface area contributed by atoms with Crippen molar-refractivity contribution in [2.45, 2.75) is 0 Å². The fourth-order valence-electron chi connectivity index (χ4n) is 3.29. The Morgan fingerprint density at radius 2 is 0.500 bits per heavy atom. The first kappa shape index (κ1) is 19.5. The summed E-state index contributed by atoms with van der Waals surface area (Å²) in [5.74, 6) is 5.42. The van der Waals surface area contributed by atoms with Crippen LogP contribution in [0.25, 0.3) is 0 Å². The van der Waals surface area contributed by atoms with Crippen molar-refractivity contribution >= 4 is 46.5 Å². The molecule has 8 bridgehead atoms. The first-order valence-electron chi connectivity index (χ1n) is 9.74. The predicted molar refractivity (Wildman–Crippen MR) is 120 cm³/mol. The molecular formula is C20H20N12. The zero-order valence-corrected chi connectivity index (χ0v) is 18.0. The van der Waals surface area contributed by atoms with Gasteiger partial charge in [-0.05, 0) is 0 Å². The van der Waals surface area contributed by atoms with E-state index in [9.17, 15) is 0 Å². The van der Waals surface area contributed by atoms with Crippen LogP contribution >= 0.6 is 0 Å². The minimum Gasteiger partial charge on any atom is -0.314 e. The van der Waals surface area contributed by atoms with Gasteiger partial charge in [0.25, 0.3) is 0 Å². The quantitative estimate of drug-likeness (QED) is 0.409. The number of nitrogens with zero attached hydrogens (tertiary/aromatic N) is 12. The molecule has 12 heteroatoms. The summed E-state index contributed by atoms with van der Waals surface area (Å²) in [7, 11) is 7.56. The lowest BCUT2D eigenvalue weighted by molar-refractivity contribution is 0.970. The Bertz CT molecular complexity index is 1000. The van der Waals surface area contributed by atoms with Crippen molar-refractivity contribution < 1.29 is 0 Å². The first-order chi connectivity index (χ1) is 15.5. The van der Waals surface area contributed by atoms with Crippen molar-refractivity contribution in [2.24, 2.45) is 0 Å². The molecule has 5 rings (SSSR count). The van der Waals surface area contributed by atoms with E-state index in [2.05, 4.69) is 39.9 Å². The van der Waals surface area contributed by atoms with Crippen molar-refractivity contribution in [3.05, 3.63) is 49.6 Å². The third-order valence-electron chi connectivity index (χ3n) is 5.30. The summed E-state index contributed by atoms with van der Waals surface area (Å²) in [6.07, 6.45) is 6.06. The number of rotatable bonds is 0. The topological polar surface area (TPSA) is 116 Å². The maximum atomic E-state index is 4.42. The summed E-state index contributed by atoms with van der Waals surface area (Å²) in [6, 6.07) is 7.48. The highest BCUT2D eigenvalue weighted by atomic mass is 15.3. The Balaban J connectivity index is 1.72. The second kappa shape index (κ2) is 7.65. The molecule has 4 aromatic rings. The van der Waals surface area contributed by atoms with Gasteiger partial charge in [0, 0.05) is 52.5 Å². The van der Waals surface area contributed by atoms with Gasteiger partial charge in [0.15, 0.2) is 0 Å². The minimum atomic E-state index is 0.678. The van der Waals surface area contributed by atoms with Crippen LogP contribution in [0, 0.1) is 0 Å². The van der Waals surface area contributed by atoms with E-state index in [0.717, 1.165) is 0 Å². The molecule has 0 saturated carbocycles. The lowest BCUT2D eigenvalue weighted by Gasteiger charge is -2.24. The SMILES string of the molecule is CN1c2cc(ncn2)N(C)c2cc(ncn2)N(C)c2cc(ncn2)N(C)c2cc1ncn2. The Labute approximate surface area is 184 Å². The molecule has 0 aromatic carbocycles. The summed E-state index contributed by atoms with van der Waals surface area (Å²) in [5.41, 5.74) is 0. The van der Waals surface area contributed by atoms with Crippen LogP contribution in [0.1, 0.15) is 0 Å². The fourth-order valence-corrected chi connectivity index (χ4v) is 3.29. The molecule has 5 heterocycles. The highest BCUT2D eigenvalue weighted by Gasteiger charge is 2.18. The molecule has 0 radical (unpaired) electrons. The van der Waals surface area contributed by atoms with Crippen molar-refractivity contribution in [3.8, 4) is 0 Å². The molecule has 0 amide bonds. The molecule has 1 aliphatic heterocycles. The van der Waals surface area contributed by atoms with E-state index in [1.54, 1.807) is 0 Å². The highest BCUT2D eigenvalue weighted by Crippen LogP contribution is 2.31. The lowest BCUT2D eigenvalue weighted by Crippen LogP contribution is -2.20. The van der Waals surface area contributed by atoms with Crippen molar-refractivity contribution in [1.82, 2.24) is 39.9 Å². The molecule has 32 heavy (non-hydrogen) atoms. The zero-order chi connectivity index (χ0) is 22.2. The van der Waals surface area contributed by atoms with Gasteiger partial charge in [0.05, 0.1) is 0 Å². The average Bonchev–Trinajstić information content (AvgIpc) is 2.86.